The molecule has 4 rings (SSSR count). The Morgan fingerprint density at radius 3 is 2.57 bits per heavy atom. The first kappa shape index (κ1) is 19.5. The highest BCUT2D eigenvalue weighted by molar-refractivity contribution is 6.00. The van der Waals surface area contributed by atoms with Crippen LogP contribution in [0.3, 0.4) is 0 Å². The van der Waals surface area contributed by atoms with Crippen molar-refractivity contribution in [1.82, 2.24) is 15.0 Å². The average molecular weight is 403 g/mol. The monoisotopic (exact) mass is 403 g/mol. The third kappa shape index (κ3) is 3.58. The normalized spacial score (nSPS) is 10.9. The van der Waals surface area contributed by atoms with Gasteiger partial charge in [-0.15, -0.1) is 0 Å². The summed E-state index contributed by atoms with van der Waals surface area (Å²) in [5.74, 6) is -0.506. The van der Waals surface area contributed by atoms with Crippen molar-refractivity contribution in [2.45, 2.75) is 13.5 Å². The molecule has 3 aromatic carbocycles. The fraction of sp³-hybridized carbons (Fsp3) is 0.0870. The molecule has 0 fully saturated rings. The maximum atomic E-state index is 13.3. The van der Waals surface area contributed by atoms with Crippen LogP contribution < -0.4 is 11.0 Å². The topological polar surface area (TPSA) is 84.2 Å². The maximum Gasteiger partial charge on any atom is 0.275 e. The van der Waals surface area contributed by atoms with Crippen molar-refractivity contribution >= 4 is 16.8 Å². The number of hydrogen-bond donors (Lipinski definition) is 2. The summed E-state index contributed by atoms with van der Waals surface area (Å²) in [5.41, 5.74) is 4.22. The highest BCUT2D eigenvalue weighted by Gasteiger charge is 2.15. The van der Waals surface area contributed by atoms with Crippen molar-refractivity contribution in [2.75, 3.05) is 0 Å². The van der Waals surface area contributed by atoms with Crippen LogP contribution in [0, 0.1) is 12.7 Å². The zero-order valence-electron chi connectivity index (χ0n) is 16.1. The van der Waals surface area contributed by atoms with E-state index in [1.165, 1.54) is 12.1 Å². The minimum atomic E-state index is -0.679. The van der Waals surface area contributed by atoms with Gasteiger partial charge in [0.1, 0.15) is 11.6 Å². The lowest BCUT2D eigenvalue weighted by Gasteiger charge is -2.14. The van der Waals surface area contributed by atoms with Gasteiger partial charge in [-0.25, -0.2) is 14.9 Å². The van der Waals surface area contributed by atoms with Crippen LogP contribution in [0.2, 0.25) is 0 Å². The molecule has 1 amide bonds. The van der Waals surface area contributed by atoms with Crippen molar-refractivity contribution in [3.63, 3.8) is 0 Å². The number of carbonyl (C=O) groups excluding carboxylic acids is 1. The summed E-state index contributed by atoms with van der Waals surface area (Å²) in [5, 5.41) is 9.59. The third-order valence-corrected chi connectivity index (χ3v) is 4.98. The van der Waals surface area contributed by atoms with E-state index in [0.717, 1.165) is 5.56 Å². The highest BCUT2D eigenvalue weighted by atomic mass is 19.1. The first-order chi connectivity index (χ1) is 14.5. The minimum absolute atomic E-state index is 0.154. The Kier molecular flexibility index (Phi) is 5.12. The van der Waals surface area contributed by atoms with Gasteiger partial charge in [0.25, 0.3) is 11.5 Å². The number of amides is 1. The van der Waals surface area contributed by atoms with Crippen LogP contribution >= 0.6 is 0 Å². The second-order valence-corrected chi connectivity index (χ2v) is 6.90. The first-order valence-electron chi connectivity index (χ1n) is 9.27. The largest absolute Gasteiger partial charge is 0.292 e. The Morgan fingerprint density at radius 2 is 1.83 bits per heavy atom. The number of carbonyl (C=O) groups is 1. The molecule has 2 N–H and O–H groups in total. The van der Waals surface area contributed by atoms with Gasteiger partial charge in [-0.3, -0.25) is 19.4 Å². The number of hydrogen-bond acceptors (Lipinski definition) is 4. The van der Waals surface area contributed by atoms with Crippen LogP contribution in [0.4, 0.5) is 4.39 Å². The van der Waals surface area contributed by atoms with Crippen molar-refractivity contribution in [3.05, 3.63) is 99.9 Å². The Balaban J connectivity index is 1.82. The molecule has 7 heteroatoms. The fourth-order valence-corrected chi connectivity index (χ4v) is 3.46. The molecular formula is C23H18FN3O3. The standard InChI is InChI=1S/C23H18FN3O3/c1-14-25-21-5-3-2-4-19(21)23(29)27(14)13-15-6-11-18(22(28)26-30)20(12-15)16-7-9-17(24)10-8-16/h2-12,30H,13H2,1H3,(H,26,28). The molecular weight excluding hydrogens is 385 g/mol. The molecule has 0 aliphatic rings. The molecule has 150 valence electrons. The highest BCUT2D eigenvalue weighted by Crippen LogP contribution is 2.26. The maximum absolute atomic E-state index is 13.3. The second-order valence-electron chi connectivity index (χ2n) is 6.90. The lowest BCUT2D eigenvalue weighted by atomic mass is 9.96. The third-order valence-electron chi connectivity index (χ3n) is 4.98. The predicted octanol–water partition coefficient (Wildman–Crippen LogP) is 3.68. The Labute approximate surface area is 171 Å². The van der Waals surface area contributed by atoms with Crippen LogP contribution in [0.15, 0.2) is 71.5 Å². The molecule has 0 saturated carbocycles. The summed E-state index contributed by atoms with van der Waals surface area (Å²) in [6.45, 7) is 2.01. The van der Waals surface area contributed by atoms with Gasteiger partial charge in [-0.1, -0.05) is 30.3 Å². The van der Waals surface area contributed by atoms with E-state index in [4.69, 9.17) is 5.21 Å². The molecule has 0 bridgehead atoms. The zero-order valence-corrected chi connectivity index (χ0v) is 16.1. The van der Waals surface area contributed by atoms with Gasteiger partial charge in [0.15, 0.2) is 0 Å². The molecule has 0 saturated heterocycles. The molecule has 0 aliphatic heterocycles. The minimum Gasteiger partial charge on any atom is -0.292 e. The molecule has 0 unspecified atom stereocenters. The molecule has 4 aromatic rings. The van der Waals surface area contributed by atoms with E-state index in [1.54, 1.807) is 65.5 Å². The number of halogens is 1. The SMILES string of the molecule is Cc1nc2ccccc2c(=O)n1Cc1ccc(C(=O)NO)c(-c2ccc(F)cc2)c1. The zero-order chi connectivity index (χ0) is 21.3. The number of nitrogens with zero attached hydrogens (tertiary/aromatic N) is 2. The summed E-state index contributed by atoms with van der Waals surface area (Å²) in [7, 11) is 0. The molecule has 6 nitrogen and oxygen atoms in total. The van der Waals surface area contributed by atoms with Crippen LogP contribution in [0.1, 0.15) is 21.7 Å². The van der Waals surface area contributed by atoms with Gasteiger partial charge < -0.3 is 0 Å². The summed E-state index contributed by atoms with van der Waals surface area (Å²) < 4.78 is 14.9. The molecule has 0 atom stereocenters. The van der Waals surface area contributed by atoms with E-state index in [0.29, 0.717) is 27.9 Å². The Morgan fingerprint density at radius 1 is 1.10 bits per heavy atom. The number of para-hydroxylation sites is 1. The van der Waals surface area contributed by atoms with Crippen LogP contribution in [0.25, 0.3) is 22.0 Å². The van der Waals surface area contributed by atoms with Gasteiger partial charge in [0, 0.05) is 5.56 Å². The second kappa shape index (κ2) is 7.88. The van der Waals surface area contributed by atoms with Crippen LogP contribution in [-0.2, 0) is 6.54 Å². The van der Waals surface area contributed by atoms with E-state index in [2.05, 4.69) is 4.98 Å². The van der Waals surface area contributed by atoms with E-state index in [-0.39, 0.29) is 17.7 Å². The first-order valence-corrected chi connectivity index (χ1v) is 9.27. The number of aryl methyl sites for hydroxylation is 1. The number of rotatable bonds is 4. The van der Waals surface area contributed by atoms with Gasteiger partial charge >= 0.3 is 0 Å². The van der Waals surface area contributed by atoms with Gasteiger partial charge in [0.2, 0.25) is 0 Å². The van der Waals surface area contributed by atoms with Gasteiger partial charge in [-0.05, 0) is 60.0 Å². The number of benzene rings is 3. The smallest absolute Gasteiger partial charge is 0.275 e. The Bertz CT molecular complexity index is 1310. The van der Waals surface area contributed by atoms with Crippen molar-refractivity contribution in [2.24, 2.45) is 0 Å². The van der Waals surface area contributed by atoms with Crippen LogP contribution in [0.5, 0.6) is 0 Å². The van der Waals surface area contributed by atoms with E-state index >= 15 is 0 Å². The molecule has 30 heavy (non-hydrogen) atoms. The van der Waals surface area contributed by atoms with E-state index in [9.17, 15) is 14.0 Å². The van der Waals surface area contributed by atoms with Crippen molar-refractivity contribution in [1.29, 1.82) is 0 Å². The molecule has 1 aromatic heterocycles. The predicted molar refractivity (Wildman–Crippen MR) is 111 cm³/mol. The molecule has 0 spiro atoms. The van der Waals surface area contributed by atoms with Gasteiger partial charge in [-0.2, -0.15) is 0 Å². The fourth-order valence-electron chi connectivity index (χ4n) is 3.46. The Hall–Kier alpha value is -3.84. The van der Waals surface area contributed by atoms with Crippen molar-refractivity contribution < 1.29 is 14.4 Å². The van der Waals surface area contributed by atoms with E-state index in [1.807, 2.05) is 6.07 Å². The van der Waals surface area contributed by atoms with Crippen LogP contribution in [-0.4, -0.2) is 20.7 Å². The summed E-state index contributed by atoms with van der Waals surface area (Å²) in [6.07, 6.45) is 0. The lowest BCUT2D eigenvalue weighted by Crippen LogP contribution is -2.24. The quantitative estimate of drug-likeness (QED) is 0.402. The molecule has 0 radical (unpaired) electrons. The van der Waals surface area contributed by atoms with Gasteiger partial charge in [0.05, 0.1) is 17.4 Å². The number of aromatic nitrogens is 2. The van der Waals surface area contributed by atoms with Crippen molar-refractivity contribution in [3.8, 4) is 11.1 Å². The summed E-state index contributed by atoms with van der Waals surface area (Å²) in [6, 6.07) is 17.9. The summed E-state index contributed by atoms with van der Waals surface area (Å²) >= 11 is 0. The average Bonchev–Trinajstić information content (AvgIpc) is 2.76. The summed E-state index contributed by atoms with van der Waals surface area (Å²) in [4.78, 5) is 29.6. The lowest BCUT2D eigenvalue weighted by molar-refractivity contribution is 0.0707. The number of nitrogens with one attached hydrogen (secondary N) is 1. The molecule has 0 aliphatic carbocycles. The number of hydroxylamine groups is 1. The number of fused-ring (bicyclic) bond motifs is 1. The van der Waals surface area contributed by atoms with E-state index < -0.39 is 11.7 Å². The molecule has 1 heterocycles.